The number of benzene rings is 1. The van der Waals surface area contributed by atoms with Crippen molar-refractivity contribution in [3.63, 3.8) is 0 Å². The van der Waals surface area contributed by atoms with Crippen LogP contribution in [0.1, 0.15) is 18.7 Å². The van der Waals surface area contributed by atoms with E-state index in [1.54, 1.807) is 11.0 Å². The van der Waals surface area contributed by atoms with E-state index < -0.39 is 0 Å². The molecule has 1 aromatic heterocycles. The Morgan fingerprint density at radius 2 is 2.24 bits per heavy atom. The molecule has 1 fully saturated rings. The van der Waals surface area contributed by atoms with Crippen molar-refractivity contribution in [1.82, 2.24) is 20.1 Å². The Hall–Kier alpha value is -2.21. The predicted octanol–water partition coefficient (Wildman–Crippen LogP) is 1.31. The summed E-state index contributed by atoms with van der Waals surface area (Å²) in [5.41, 5.74) is 0.947. The van der Waals surface area contributed by atoms with E-state index in [-0.39, 0.29) is 11.8 Å². The van der Waals surface area contributed by atoms with Gasteiger partial charge < -0.3 is 10.1 Å². The summed E-state index contributed by atoms with van der Waals surface area (Å²) in [6.45, 7) is 1.61. The molecule has 6 nitrogen and oxygen atoms in total. The molecule has 0 radical (unpaired) electrons. The molecule has 21 heavy (non-hydrogen) atoms. The maximum Gasteiger partial charge on any atom is 0.225 e. The maximum atomic E-state index is 12.0. The number of carbonyl (C=O) groups excluding carboxylic acids is 1. The number of hydrogen-bond donors (Lipinski definition) is 1. The molecular weight excluding hydrogens is 268 g/mol. The predicted molar refractivity (Wildman–Crippen MR) is 76.7 cm³/mol. The second-order valence-corrected chi connectivity index (χ2v) is 5.07. The Labute approximate surface area is 123 Å². The van der Waals surface area contributed by atoms with Gasteiger partial charge in [0.1, 0.15) is 6.33 Å². The molecule has 2 aromatic rings. The minimum absolute atomic E-state index is 0.0192. The van der Waals surface area contributed by atoms with Gasteiger partial charge in [-0.3, -0.25) is 4.79 Å². The third-order valence-electron chi connectivity index (χ3n) is 3.51. The minimum Gasteiger partial charge on any atom is -0.381 e. The molecule has 1 amide bonds. The zero-order chi connectivity index (χ0) is 14.5. The van der Waals surface area contributed by atoms with Gasteiger partial charge in [-0.2, -0.15) is 0 Å². The average Bonchev–Trinajstić information content (AvgIpc) is 3.03. The molecular formula is C15H18N4O2. The smallest absolute Gasteiger partial charge is 0.225 e. The lowest BCUT2D eigenvalue weighted by Crippen LogP contribution is -2.35. The summed E-state index contributed by atoms with van der Waals surface area (Å²) in [5.74, 6) is 0.574. The van der Waals surface area contributed by atoms with Crippen molar-refractivity contribution < 1.29 is 9.53 Å². The monoisotopic (exact) mass is 286 g/mol. The molecule has 2 heterocycles. The molecule has 1 aliphatic rings. The highest BCUT2D eigenvalue weighted by atomic mass is 16.5. The lowest BCUT2D eigenvalue weighted by Gasteiger charge is -2.20. The topological polar surface area (TPSA) is 69.0 Å². The number of carbonyl (C=O) groups is 1. The van der Waals surface area contributed by atoms with Crippen LogP contribution in [0.5, 0.6) is 0 Å². The maximum absolute atomic E-state index is 12.0. The van der Waals surface area contributed by atoms with Gasteiger partial charge in [0.05, 0.1) is 24.8 Å². The van der Waals surface area contributed by atoms with Crippen molar-refractivity contribution in [2.45, 2.75) is 19.4 Å². The zero-order valence-electron chi connectivity index (χ0n) is 11.7. The first-order valence-electron chi connectivity index (χ1n) is 7.14. The van der Waals surface area contributed by atoms with E-state index in [9.17, 15) is 4.79 Å². The fraction of sp³-hybridized carbons (Fsp3) is 0.400. The quantitative estimate of drug-likeness (QED) is 0.920. The summed E-state index contributed by atoms with van der Waals surface area (Å²) in [4.78, 5) is 16.2. The molecule has 0 saturated carbocycles. The van der Waals surface area contributed by atoms with Crippen LogP contribution >= 0.6 is 0 Å². The highest BCUT2D eigenvalue weighted by Gasteiger charge is 2.21. The number of nitrogens with one attached hydrogen (secondary N) is 1. The first-order valence-corrected chi connectivity index (χ1v) is 7.14. The van der Waals surface area contributed by atoms with Crippen LogP contribution in [0.3, 0.4) is 0 Å². The van der Waals surface area contributed by atoms with Crippen molar-refractivity contribution >= 4 is 5.91 Å². The summed E-state index contributed by atoms with van der Waals surface area (Å²) in [5, 5.41) is 7.23. The van der Waals surface area contributed by atoms with Gasteiger partial charge in [-0.25, -0.2) is 9.67 Å². The normalized spacial score (nSPS) is 18.4. The van der Waals surface area contributed by atoms with E-state index in [2.05, 4.69) is 15.4 Å². The number of amides is 1. The largest absolute Gasteiger partial charge is 0.381 e. The summed E-state index contributed by atoms with van der Waals surface area (Å²) in [6, 6.07) is 9.75. The van der Waals surface area contributed by atoms with E-state index in [1.165, 1.54) is 0 Å². The summed E-state index contributed by atoms with van der Waals surface area (Å²) >= 11 is 0. The lowest BCUT2D eigenvalue weighted by molar-refractivity contribution is -0.129. The van der Waals surface area contributed by atoms with E-state index in [4.69, 9.17) is 4.74 Å². The van der Waals surface area contributed by atoms with Crippen molar-refractivity contribution in [1.29, 1.82) is 0 Å². The number of ether oxygens (including phenoxy) is 1. The summed E-state index contributed by atoms with van der Waals surface area (Å²) in [7, 11) is 0. The highest BCUT2D eigenvalue weighted by molar-refractivity contribution is 5.78. The van der Waals surface area contributed by atoms with Crippen LogP contribution in [0.2, 0.25) is 0 Å². The van der Waals surface area contributed by atoms with E-state index in [0.717, 1.165) is 25.1 Å². The van der Waals surface area contributed by atoms with E-state index >= 15 is 0 Å². The van der Waals surface area contributed by atoms with Crippen LogP contribution in [-0.4, -0.2) is 33.9 Å². The van der Waals surface area contributed by atoms with Crippen molar-refractivity contribution in [2.24, 2.45) is 5.92 Å². The standard InChI is InChI=1S/C15H18N4O2/c20-15(12-5-4-8-21-10-12)16-9-14-17-11-19(18-14)13-6-2-1-3-7-13/h1-3,6-7,11-12H,4-5,8-10H2,(H,16,20)/t12-/m1/s1. The van der Waals surface area contributed by atoms with Crippen LogP contribution < -0.4 is 5.32 Å². The molecule has 110 valence electrons. The number of aromatic nitrogens is 3. The third kappa shape index (κ3) is 3.46. The molecule has 0 unspecified atom stereocenters. The van der Waals surface area contributed by atoms with Gasteiger partial charge in [-0.1, -0.05) is 18.2 Å². The second kappa shape index (κ2) is 6.49. The highest BCUT2D eigenvalue weighted by Crippen LogP contribution is 2.13. The molecule has 0 spiro atoms. The Bertz CT molecular complexity index is 591. The zero-order valence-corrected chi connectivity index (χ0v) is 11.7. The Morgan fingerprint density at radius 3 is 3.00 bits per heavy atom. The molecule has 3 rings (SSSR count). The van der Waals surface area contributed by atoms with Gasteiger partial charge >= 0.3 is 0 Å². The molecule has 0 bridgehead atoms. The number of rotatable bonds is 4. The van der Waals surface area contributed by atoms with Crippen LogP contribution in [0.15, 0.2) is 36.7 Å². The fourth-order valence-electron chi connectivity index (χ4n) is 2.34. The molecule has 0 aliphatic carbocycles. The summed E-state index contributed by atoms with van der Waals surface area (Å²) < 4.78 is 7.02. The Balaban J connectivity index is 1.56. The van der Waals surface area contributed by atoms with Gasteiger partial charge in [0, 0.05) is 6.61 Å². The molecule has 1 atom stereocenters. The van der Waals surface area contributed by atoms with Crippen LogP contribution in [0, 0.1) is 5.92 Å². The van der Waals surface area contributed by atoms with Crippen molar-refractivity contribution in [3.8, 4) is 5.69 Å². The molecule has 1 saturated heterocycles. The Kier molecular flexibility index (Phi) is 4.25. The van der Waals surface area contributed by atoms with Gasteiger partial charge in [-0.05, 0) is 25.0 Å². The summed E-state index contributed by atoms with van der Waals surface area (Å²) in [6.07, 6.45) is 3.48. The first-order chi connectivity index (χ1) is 10.3. The van der Waals surface area contributed by atoms with E-state index in [1.807, 2.05) is 30.3 Å². The van der Waals surface area contributed by atoms with Gasteiger partial charge in [0.15, 0.2) is 5.82 Å². The SMILES string of the molecule is O=C(NCc1ncn(-c2ccccc2)n1)[C@@H]1CCCOC1. The van der Waals surface area contributed by atoms with E-state index in [0.29, 0.717) is 19.0 Å². The number of hydrogen-bond acceptors (Lipinski definition) is 4. The second-order valence-electron chi connectivity index (χ2n) is 5.07. The molecule has 1 aromatic carbocycles. The Morgan fingerprint density at radius 1 is 1.38 bits per heavy atom. The lowest BCUT2D eigenvalue weighted by atomic mass is 10.0. The fourth-order valence-corrected chi connectivity index (χ4v) is 2.34. The van der Waals surface area contributed by atoms with Crippen LogP contribution in [-0.2, 0) is 16.1 Å². The van der Waals surface area contributed by atoms with Crippen LogP contribution in [0.4, 0.5) is 0 Å². The van der Waals surface area contributed by atoms with Gasteiger partial charge in [-0.15, -0.1) is 5.10 Å². The number of para-hydroxylation sites is 1. The molecule has 6 heteroatoms. The van der Waals surface area contributed by atoms with Crippen molar-refractivity contribution in [3.05, 3.63) is 42.5 Å². The molecule has 1 N–H and O–H groups in total. The molecule has 1 aliphatic heterocycles. The van der Waals surface area contributed by atoms with Crippen molar-refractivity contribution in [2.75, 3.05) is 13.2 Å². The average molecular weight is 286 g/mol. The first kappa shape index (κ1) is 13.8. The van der Waals surface area contributed by atoms with Crippen LogP contribution in [0.25, 0.3) is 5.69 Å². The minimum atomic E-state index is -0.0463. The van der Waals surface area contributed by atoms with Gasteiger partial charge in [0.2, 0.25) is 5.91 Å². The van der Waals surface area contributed by atoms with Gasteiger partial charge in [0.25, 0.3) is 0 Å². The third-order valence-corrected chi connectivity index (χ3v) is 3.51. The number of nitrogens with zero attached hydrogens (tertiary/aromatic N) is 3.